The molecule has 5 heterocycles. The van der Waals surface area contributed by atoms with Gasteiger partial charge in [0, 0.05) is 47.6 Å². The van der Waals surface area contributed by atoms with Crippen LogP contribution in [0.3, 0.4) is 0 Å². The van der Waals surface area contributed by atoms with Crippen LogP contribution in [0.25, 0.3) is 16.6 Å². The fourth-order valence-electron chi connectivity index (χ4n) is 6.33. The molecule has 1 spiro atoms. The molecule has 2 aliphatic heterocycles. The molecule has 3 aromatic rings. The molecule has 4 fully saturated rings. The molecular formula is C25H26N6O2. The van der Waals surface area contributed by atoms with Gasteiger partial charge in [0.15, 0.2) is 0 Å². The second kappa shape index (κ2) is 6.45. The number of rotatable bonds is 4. The monoisotopic (exact) mass is 442 g/mol. The van der Waals surface area contributed by atoms with Crippen molar-refractivity contribution >= 4 is 17.1 Å². The molecule has 2 saturated heterocycles. The summed E-state index contributed by atoms with van der Waals surface area (Å²) in [7, 11) is 0. The zero-order valence-electron chi connectivity index (χ0n) is 18.6. The molecule has 0 bridgehead atoms. The van der Waals surface area contributed by atoms with Crippen LogP contribution in [-0.2, 0) is 9.53 Å². The molecule has 2 atom stereocenters. The molecule has 3 aromatic heterocycles. The first kappa shape index (κ1) is 19.3. The predicted molar refractivity (Wildman–Crippen MR) is 120 cm³/mol. The van der Waals surface area contributed by atoms with E-state index in [9.17, 15) is 10.1 Å². The van der Waals surface area contributed by atoms with Gasteiger partial charge in [-0.3, -0.25) is 9.48 Å². The third-order valence-electron chi connectivity index (χ3n) is 8.48. The molecule has 8 nitrogen and oxygen atoms in total. The summed E-state index contributed by atoms with van der Waals surface area (Å²) in [6.45, 7) is 4.38. The Morgan fingerprint density at radius 1 is 1.18 bits per heavy atom. The van der Waals surface area contributed by atoms with Crippen LogP contribution in [0.1, 0.15) is 38.6 Å². The lowest BCUT2D eigenvalue weighted by molar-refractivity contribution is -0.175. The molecule has 0 N–H and O–H groups in total. The average molecular weight is 443 g/mol. The minimum absolute atomic E-state index is 0.00946. The minimum Gasteiger partial charge on any atom is -0.380 e. The third-order valence-corrected chi connectivity index (χ3v) is 8.48. The lowest BCUT2D eigenvalue weighted by Gasteiger charge is -2.53. The van der Waals surface area contributed by atoms with Gasteiger partial charge in [-0.15, -0.1) is 0 Å². The maximum atomic E-state index is 13.5. The summed E-state index contributed by atoms with van der Waals surface area (Å²) in [6.07, 6.45) is 11.9. The largest absolute Gasteiger partial charge is 0.380 e. The van der Waals surface area contributed by atoms with Crippen LogP contribution >= 0.6 is 0 Å². The first-order valence-corrected chi connectivity index (χ1v) is 11.9. The Morgan fingerprint density at radius 2 is 2.00 bits per heavy atom. The van der Waals surface area contributed by atoms with E-state index in [-0.39, 0.29) is 17.7 Å². The lowest BCUT2D eigenvalue weighted by atomic mass is 9.64. The van der Waals surface area contributed by atoms with Gasteiger partial charge in [0.2, 0.25) is 5.91 Å². The fourth-order valence-corrected chi connectivity index (χ4v) is 6.33. The number of anilines is 1. The van der Waals surface area contributed by atoms with Gasteiger partial charge in [-0.1, -0.05) is 6.92 Å². The number of nitrogens with zero attached hydrogens (tertiary/aromatic N) is 6. The molecule has 168 valence electrons. The van der Waals surface area contributed by atoms with Crippen LogP contribution in [0, 0.1) is 34.0 Å². The van der Waals surface area contributed by atoms with Crippen LogP contribution in [0.5, 0.6) is 0 Å². The van der Waals surface area contributed by atoms with E-state index >= 15 is 0 Å². The molecular weight excluding hydrogens is 416 g/mol. The van der Waals surface area contributed by atoms with Gasteiger partial charge < -0.3 is 9.64 Å². The van der Waals surface area contributed by atoms with E-state index in [2.05, 4.69) is 33.2 Å². The highest BCUT2D eigenvalue weighted by Gasteiger charge is 2.61. The molecule has 2 aliphatic carbocycles. The zero-order valence-corrected chi connectivity index (χ0v) is 18.6. The summed E-state index contributed by atoms with van der Waals surface area (Å²) in [5.74, 6) is 0.149. The van der Waals surface area contributed by atoms with E-state index < -0.39 is 5.41 Å². The maximum Gasteiger partial charge on any atom is 0.248 e. The zero-order chi connectivity index (χ0) is 22.4. The summed E-state index contributed by atoms with van der Waals surface area (Å²) < 4.78 is 9.30. The molecule has 0 unspecified atom stereocenters. The van der Waals surface area contributed by atoms with Gasteiger partial charge in [-0.05, 0) is 43.7 Å². The van der Waals surface area contributed by atoms with Crippen molar-refractivity contribution in [3.05, 3.63) is 36.9 Å². The highest BCUT2D eigenvalue weighted by molar-refractivity contribution is 6.05. The number of carbonyl (C=O) groups excluding carboxylic acids is 1. The van der Waals surface area contributed by atoms with E-state index in [1.165, 1.54) is 0 Å². The van der Waals surface area contributed by atoms with Crippen LogP contribution < -0.4 is 4.90 Å². The molecule has 1 amide bonds. The number of hydrogen-bond donors (Lipinski definition) is 0. The molecule has 2 saturated carbocycles. The summed E-state index contributed by atoms with van der Waals surface area (Å²) in [4.78, 5) is 15.3. The quantitative estimate of drug-likeness (QED) is 0.618. The topological polar surface area (TPSA) is 88.4 Å². The maximum absolute atomic E-state index is 13.5. The van der Waals surface area contributed by atoms with E-state index in [4.69, 9.17) is 4.74 Å². The second-order valence-electron chi connectivity index (χ2n) is 10.6. The molecule has 7 rings (SSSR count). The lowest BCUT2D eigenvalue weighted by Crippen LogP contribution is -2.52. The minimum atomic E-state index is -0.886. The van der Waals surface area contributed by atoms with Crippen molar-refractivity contribution < 1.29 is 9.53 Å². The van der Waals surface area contributed by atoms with Gasteiger partial charge >= 0.3 is 0 Å². The molecule has 4 aliphatic rings. The Hall–Kier alpha value is -3.18. The molecule has 8 heteroatoms. The number of nitriles is 1. The first-order chi connectivity index (χ1) is 16.0. The van der Waals surface area contributed by atoms with Gasteiger partial charge in [0.1, 0.15) is 5.41 Å². The van der Waals surface area contributed by atoms with E-state index in [1.54, 1.807) is 6.20 Å². The highest BCUT2D eigenvalue weighted by Crippen LogP contribution is 2.55. The first-order valence-electron chi connectivity index (χ1n) is 11.9. The Labute approximate surface area is 191 Å². The van der Waals surface area contributed by atoms with E-state index in [1.807, 2.05) is 34.8 Å². The van der Waals surface area contributed by atoms with Crippen molar-refractivity contribution in [2.45, 2.75) is 38.6 Å². The summed E-state index contributed by atoms with van der Waals surface area (Å²) >= 11 is 0. The molecule has 33 heavy (non-hydrogen) atoms. The summed E-state index contributed by atoms with van der Waals surface area (Å²) in [5.41, 5.74) is 3.28. The number of fused-ring (bicyclic) bond motifs is 1. The van der Waals surface area contributed by atoms with E-state index in [0.717, 1.165) is 61.2 Å². The van der Waals surface area contributed by atoms with Gasteiger partial charge in [0.05, 0.1) is 42.7 Å². The normalized spacial score (nSPS) is 28.8. The molecule has 0 radical (unpaired) electrons. The fraction of sp³-hybridized carbons (Fsp3) is 0.520. The van der Waals surface area contributed by atoms with Crippen molar-refractivity contribution in [2.24, 2.45) is 22.7 Å². The highest BCUT2D eigenvalue weighted by atomic mass is 16.5. The smallest absolute Gasteiger partial charge is 0.248 e. The SMILES string of the molecule is C[C@@H]1CN(c2ccnn3cc(-c4cnn(C5CC6(COC6)C5)c4)cc23)C(=O)[C@]1(C#N)C1CC1. The standard InChI is InChI=1S/C25H26N6O2/c1-16-10-29(23(32)25(16,13-26)19-2-3-19)21-4-5-27-31-11-17(6-22(21)31)18-9-28-30(12-18)20-7-24(8-20)14-33-15-24/h4-6,9,11-12,16,19-20H,2-3,7-8,10,14-15H2,1H3/t16-,25+/m1/s1. The number of amides is 1. The Morgan fingerprint density at radius 3 is 2.70 bits per heavy atom. The summed E-state index contributed by atoms with van der Waals surface area (Å²) in [5, 5.41) is 19.1. The Bertz CT molecular complexity index is 1320. The van der Waals surface area contributed by atoms with Crippen molar-refractivity contribution in [1.29, 1.82) is 5.26 Å². The van der Waals surface area contributed by atoms with Crippen molar-refractivity contribution in [3.63, 3.8) is 0 Å². The van der Waals surface area contributed by atoms with E-state index in [0.29, 0.717) is 18.0 Å². The third kappa shape index (κ3) is 2.57. The van der Waals surface area contributed by atoms with Crippen LogP contribution in [0.2, 0.25) is 0 Å². The average Bonchev–Trinajstić information content (AvgIpc) is 3.22. The molecule has 0 aromatic carbocycles. The Balaban J connectivity index is 1.21. The van der Waals surface area contributed by atoms with Crippen molar-refractivity contribution in [1.82, 2.24) is 19.4 Å². The number of carbonyl (C=O) groups is 1. The number of aromatic nitrogens is 4. The van der Waals surface area contributed by atoms with Gasteiger partial charge in [0.25, 0.3) is 0 Å². The summed E-state index contributed by atoms with van der Waals surface area (Å²) in [6, 6.07) is 6.83. The van der Waals surface area contributed by atoms with Crippen molar-refractivity contribution in [3.8, 4) is 17.2 Å². The number of ether oxygens (including phenoxy) is 1. The Kier molecular flexibility index (Phi) is 3.77. The van der Waals surface area contributed by atoms with Crippen LogP contribution in [0.15, 0.2) is 36.9 Å². The predicted octanol–water partition coefficient (Wildman–Crippen LogP) is 3.45. The van der Waals surface area contributed by atoms with Crippen LogP contribution in [-0.4, -0.2) is 45.1 Å². The van der Waals surface area contributed by atoms with Crippen LogP contribution in [0.4, 0.5) is 5.69 Å². The van der Waals surface area contributed by atoms with Gasteiger partial charge in [-0.2, -0.15) is 15.5 Å². The van der Waals surface area contributed by atoms with Gasteiger partial charge in [-0.25, -0.2) is 4.52 Å². The number of hydrogen-bond acceptors (Lipinski definition) is 5. The second-order valence-corrected chi connectivity index (χ2v) is 10.6. The van der Waals surface area contributed by atoms with Crippen molar-refractivity contribution in [2.75, 3.05) is 24.7 Å².